The molecule has 1 aromatic heterocycles. The molecule has 0 atom stereocenters. The van der Waals surface area contributed by atoms with E-state index in [1.54, 1.807) is 6.08 Å². The van der Waals surface area contributed by atoms with Crippen molar-refractivity contribution in [2.45, 2.75) is 33.6 Å². The number of thiophene rings is 1. The number of aliphatic hydroxyl groups excluding tert-OH is 1. The van der Waals surface area contributed by atoms with Crippen LogP contribution in [0.5, 0.6) is 0 Å². The Morgan fingerprint density at radius 3 is 2.44 bits per heavy atom. The molecule has 0 saturated carbocycles. The summed E-state index contributed by atoms with van der Waals surface area (Å²) in [6.07, 6.45) is 5.47. The first-order valence-electron chi connectivity index (χ1n) is 5.82. The highest BCUT2D eigenvalue weighted by Crippen LogP contribution is 2.44. The molecule has 0 aliphatic carbocycles. The lowest BCUT2D eigenvalue weighted by atomic mass is 10.2. The molecule has 1 rings (SSSR count). The van der Waals surface area contributed by atoms with E-state index in [2.05, 4.69) is 12.2 Å². The van der Waals surface area contributed by atoms with E-state index in [0.717, 1.165) is 18.5 Å². The minimum Gasteiger partial charge on any atom is -0.507 e. The third-order valence-electron chi connectivity index (χ3n) is 2.27. The quantitative estimate of drug-likeness (QED) is 0.645. The van der Waals surface area contributed by atoms with Gasteiger partial charge in [0.15, 0.2) is 0 Å². The van der Waals surface area contributed by atoms with Crippen LogP contribution in [0.2, 0.25) is 9.36 Å². The van der Waals surface area contributed by atoms with E-state index in [-0.39, 0.29) is 5.76 Å². The molecule has 0 unspecified atom stereocenters. The number of halogens is 2. The van der Waals surface area contributed by atoms with Gasteiger partial charge in [-0.25, -0.2) is 0 Å². The van der Waals surface area contributed by atoms with Crippen molar-refractivity contribution in [3.63, 3.8) is 0 Å². The van der Waals surface area contributed by atoms with Crippen molar-refractivity contribution in [1.82, 2.24) is 0 Å². The van der Waals surface area contributed by atoms with E-state index in [1.807, 2.05) is 19.9 Å². The summed E-state index contributed by atoms with van der Waals surface area (Å²) in [7, 11) is 0. The van der Waals surface area contributed by atoms with Gasteiger partial charge in [-0.2, -0.15) is 0 Å². The van der Waals surface area contributed by atoms with Gasteiger partial charge in [0.2, 0.25) is 0 Å². The molecule has 2 N–H and O–H groups in total. The normalized spacial score (nSPS) is 12.9. The summed E-state index contributed by atoms with van der Waals surface area (Å²) in [5, 5.41) is 13.6. The third-order valence-corrected chi connectivity index (χ3v) is 4.28. The van der Waals surface area contributed by atoms with Crippen LogP contribution in [0.25, 0.3) is 5.76 Å². The lowest BCUT2D eigenvalue weighted by Gasteiger charge is -2.08. The molecule has 100 valence electrons. The second-order valence-corrected chi connectivity index (χ2v) is 5.81. The average Bonchev–Trinajstić information content (AvgIpc) is 2.58. The SMILES string of the molecule is CCC=C(C)Nc1c(C(O)=CCC)sc(Cl)c1Cl. The first kappa shape index (κ1) is 15.4. The summed E-state index contributed by atoms with van der Waals surface area (Å²) in [6.45, 7) is 5.97. The summed E-state index contributed by atoms with van der Waals surface area (Å²) < 4.78 is 0.481. The first-order chi connectivity index (χ1) is 8.51. The topological polar surface area (TPSA) is 32.3 Å². The van der Waals surface area contributed by atoms with Gasteiger partial charge in [0.25, 0.3) is 0 Å². The van der Waals surface area contributed by atoms with Gasteiger partial charge in [0.1, 0.15) is 10.1 Å². The Morgan fingerprint density at radius 2 is 1.89 bits per heavy atom. The van der Waals surface area contributed by atoms with E-state index in [9.17, 15) is 5.11 Å². The maximum Gasteiger partial charge on any atom is 0.131 e. The molecule has 0 aliphatic rings. The number of anilines is 1. The molecular formula is C13H17Cl2NOS. The molecule has 18 heavy (non-hydrogen) atoms. The van der Waals surface area contributed by atoms with Gasteiger partial charge in [-0.15, -0.1) is 11.3 Å². The maximum absolute atomic E-state index is 9.98. The zero-order chi connectivity index (χ0) is 13.7. The predicted octanol–water partition coefficient (Wildman–Crippen LogP) is 6.09. The van der Waals surface area contributed by atoms with Crippen molar-refractivity contribution in [1.29, 1.82) is 0 Å². The van der Waals surface area contributed by atoms with Gasteiger partial charge >= 0.3 is 0 Å². The lowest BCUT2D eigenvalue weighted by Crippen LogP contribution is -1.97. The van der Waals surface area contributed by atoms with Gasteiger partial charge in [-0.05, 0) is 25.8 Å². The van der Waals surface area contributed by atoms with Crippen molar-refractivity contribution < 1.29 is 5.11 Å². The highest BCUT2D eigenvalue weighted by Gasteiger charge is 2.18. The standard InChI is InChI=1S/C13H17Cl2NOS/c1-4-6-8(3)16-11-10(14)13(15)18-12(11)9(17)7-5-2/h6-7,16-17H,4-5H2,1-3H3. The average molecular weight is 306 g/mol. The number of rotatable bonds is 5. The minimum absolute atomic E-state index is 0.211. The highest BCUT2D eigenvalue weighted by atomic mass is 35.5. The number of allylic oxidation sites excluding steroid dienone is 3. The fourth-order valence-electron chi connectivity index (χ4n) is 1.52. The molecule has 2 nitrogen and oxygen atoms in total. The Bertz CT molecular complexity index is 478. The number of hydrogen-bond donors (Lipinski definition) is 2. The van der Waals surface area contributed by atoms with Crippen LogP contribution in [0, 0.1) is 0 Å². The molecule has 0 aromatic carbocycles. The Hall–Kier alpha value is -0.640. The zero-order valence-electron chi connectivity index (χ0n) is 10.7. The largest absolute Gasteiger partial charge is 0.507 e. The Morgan fingerprint density at radius 1 is 1.28 bits per heavy atom. The third kappa shape index (κ3) is 3.67. The van der Waals surface area contributed by atoms with E-state index < -0.39 is 0 Å². The Kier molecular flexibility index (Phi) is 6.06. The number of nitrogens with one attached hydrogen (secondary N) is 1. The molecule has 0 saturated heterocycles. The summed E-state index contributed by atoms with van der Waals surface area (Å²) in [4.78, 5) is 0.677. The van der Waals surface area contributed by atoms with Crippen LogP contribution in [0.3, 0.4) is 0 Å². The van der Waals surface area contributed by atoms with E-state index in [1.165, 1.54) is 11.3 Å². The minimum atomic E-state index is 0.211. The summed E-state index contributed by atoms with van der Waals surface area (Å²) >= 11 is 13.5. The fraction of sp³-hybridized carbons (Fsp3) is 0.385. The van der Waals surface area contributed by atoms with Gasteiger partial charge in [0.05, 0.1) is 15.6 Å². The monoisotopic (exact) mass is 305 g/mol. The molecule has 0 aliphatic heterocycles. The first-order valence-corrected chi connectivity index (χ1v) is 7.39. The summed E-state index contributed by atoms with van der Waals surface area (Å²) in [5.41, 5.74) is 1.66. The molecule has 1 heterocycles. The van der Waals surface area contributed by atoms with Gasteiger partial charge in [0, 0.05) is 5.70 Å². The lowest BCUT2D eigenvalue weighted by molar-refractivity contribution is 0.512. The van der Waals surface area contributed by atoms with Crippen LogP contribution < -0.4 is 5.32 Å². The number of aliphatic hydroxyl groups is 1. The summed E-state index contributed by atoms with van der Waals surface area (Å²) in [6, 6.07) is 0. The van der Waals surface area contributed by atoms with E-state index >= 15 is 0 Å². The second-order valence-electron chi connectivity index (χ2n) is 3.81. The highest BCUT2D eigenvalue weighted by molar-refractivity contribution is 7.18. The number of hydrogen-bond acceptors (Lipinski definition) is 3. The van der Waals surface area contributed by atoms with Crippen molar-refractivity contribution in [2.75, 3.05) is 5.32 Å². The van der Waals surface area contributed by atoms with E-state index in [0.29, 0.717) is 19.9 Å². The smallest absolute Gasteiger partial charge is 0.131 e. The Balaban J connectivity index is 3.17. The van der Waals surface area contributed by atoms with Crippen LogP contribution in [-0.2, 0) is 0 Å². The van der Waals surface area contributed by atoms with Crippen LogP contribution in [0.15, 0.2) is 17.8 Å². The van der Waals surface area contributed by atoms with Gasteiger partial charge in [-0.3, -0.25) is 0 Å². The molecule has 0 bridgehead atoms. The van der Waals surface area contributed by atoms with Gasteiger partial charge in [-0.1, -0.05) is 43.1 Å². The fourth-order valence-corrected chi connectivity index (χ4v) is 2.97. The molecule has 5 heteroatoms. The van der Waals surface area contributed by atoms with Crippen molar-refractivity contribution in [3.05, 3.63) is 32.1 Å². The predicted molar refractivity (Wildman–Crippen MR) is 82.9 cm³/mol. The molecule has 0 radical (unpaired) electrons. The second kappa shape index (κ2) is 7.07. The molecule has 0 fully saturated rings. The van der Waals surface area contributed by atoms with Gasteiger partial charge < -0.3 is 10.4 Å². The van der Waals surface area contributed by atoms with Crippen molar-refractivity contribution in [2.24, 2.45) is 0 Å². The molecule has 0 spiro atoms. The maximum atomic E-state index is 9.98. The van der Waals surface area contributed by atoms with Crippen LogP contribution in [0.4, 0.5) is 5.69 Å². The molecular weight excluding hydrogens is 289 g/mol. The molecule has 0 amide bonds. The molecule has 1 aromatic rings. The van der Waals surface area contributed by atoms with Crippen LogP contribution >= 0.6 is 34.5 Å². The zero-order valence-corrected chi connectivity index (χ0v) is 13.0. The summed E-state index contributed by atoms with van der Waals surface area (Å²) in [5.74, 6) is 0.211. The van der Waals surface area contributed by atoms with Crippen molar-refractivity contribution >= 4 is 46.0 Å². The Labute approximate surface area is 122 Å². The van der Waals surface area contributed by atoms with Crippen molar-refractivity contribution in [3.8, 4) is 0 Å². The van der Waals surface area contributed by atoms with Crippen LogP contribution in [0.1, 0.15) is 38.5 Å². The van der Waals surface area contributed by atoms with E-state index in [4.69, 9.17) is 23.2 Å². The van der Waals surface area contributed by atoms with Crippen LogP contribution in [-0.4, -0.2) is 5.11 Å².